The summed E-state index contributed by atoms with van der Waals surface area (Å²) in [5.74, 6) is 1.12. The van der Waals surface area contributed by atoms with E-state index in [0.717, 1.165) is 18.6 Å². The molecule has 1 aromatic heterocycles. The van der Waals surface area contributed by atoms with E-state index in [9.17, 15) is 4.79 Å². The molecule has 1 aromatic rings. The smallest absolute Gasteiger partial charge is 0.225 e. The highest BCUT2D eigenvalue weighted by atomic mass is 16.3. The summed E-state index contributed by atoms with van der Waals surface area (Å²) < 4.78 is 5.29. The second-order valence-electron chi connectivity index (χ2n) is 5.14. The molecular weight excluding hydrogens is 216 g/mol. The lowest BCUT2D eigenvalue weighted by Gasteiger charge is -2.21. The summed E-state index contributed by atoms with van der Waals surface area (Å²) >= 11 is 0. The van der Waals surface area contributed by atoms with Crippen molar-refractivity contribution in [2.45, 2.75) is 44.3 Å². The third kappa shape index (κ3) is 1.97. The Morgan fingerprint density at radius 1 is 1.59 bits per heavy atom. The first-order valence-corrected chi connectivity index (χ1v) is 6.34. The molecule has 2 bridgehead atoms. The highest BCUT2D eigenvalue weighted by molar-refractivity contribution is 5.80. The van der Waals surface area contributed by atoms with Gasteiger partial charge in [-0.25, -0.2) is 0 Å². The molecule has 4 nitrogen and oxygen atoms in total. The normalized spacial score (nSPS) is 32.6. The minimum absolute atomic E-state index is 0.0448. The van der Waals surface area contributed by atoms with Gasteiger partial charge in [-0.3, -0.25) is 4.79 Å². The quantitative estimate of drug-likeness (QED) is 0.835. The number of hydrogen-bond acceptors (Lipinski definition) is 3. The molecule has 0 aliphatic carbocycles. The maximum Gasteiger partial charge on any atom is 0.225 e. The van der Waals surface area contributed by atoms with Crippen LogP contribution in [0.4, 0.5) is 0 Å². The highest BCUT2D eigenvalue weighted by Gasteiger charge is 2.42. The second-order valence-corrected chi connectivity index (χ2v) is 5.14. The largest absolute Gasteiger partial charge is 0.467 e. The fourth-order valence-corrected chi connectivity index (χ4v) is 3.04. The third-order valence-electron chi connectivity index (χ3n) is 3.97. The first kappa shape index (κ1) is 10.8. The Morgan fingerprint density at radius 3 is 3.06 bits per heavy atom. The number of rotatable bonds is 3. The minimum Gasteiger partial charge on any atom is -0.467 e. The summed E-state index contributed by atoms with van der Waals surface area (Å²) in [6.45, 7) is 1.96. The molecule has 4 atom stereocenters. The highest BCUT2D eigenvalue weighted by Crippen LogP contribution is 2.33. The van der Waals surface area contributed by atoms with Crippen molar-refractivity contribution in [3.8, 4) is 0 Å². The van der Waals surface area contributed by atoms with Gasteiger partial charge in [-0.05, 0) is 38.3 Å². The van der Waals surface area contributed by atoms with E-state index in [0.29, 0.717) is 12.1 Å². The van der Waals surface area contributed by atoms with Crippen LogP contribution >= 0.6 is 0 Å². The van der Waals surface area contributed by atoms with Gasteiger partial charge in [-0.2, -0.15) is 0 Å². The van der Waals surface area contributed by atoms with E-state index in [1.165, 1.54) is 6.42 Å². The van der Waals surface area contributed by atoms with Gasteiger partial charge in [0.2, 0.25) is 5.91 Å². The summed E-state index contributed by atoms with van der Waals surface area (Å²) in [5, 5.41) is 6.52. The van der Waals surface area contributed by atoms with Gasteiger partial charge in [0.15, 0.2) is 0 Å². The molecular formula is C13H18N2O2. The van der Waals surface area contributed by atoms with Crippen LogP contribution in [0.25, 0.3) is 0 Å². The number of nitrogens with one attached hydrogen (secondary N) is 2. The molecule has 3 rings (SSSR count). The number of carbonyl (C=O) groups is 1. The molecule has 2 fully saturated rings. The van der Waals surface area contributed by atoms with Gasteiger partial charge in [-0.15, -0.1) is 0 Å². The molecule has 0 aromatic carbocycles. The Balaban J connectivity index is 1.60. The molecule has 2 saturated heterocycles. The second kappa shape index (κ2) is 4.18. The van der Waals surface area contributed by atoms with Gasteiger partial charge < -0.3 is 15.1 Å². The molecule has 17 heavy (non-hydrogen) atoms. The monoisotopic (exact) mass is 234 g/mol. The Bertz CT molecular complexity index is 402. The minimum atomic E-state index is -0.0448. The van der Waals surface area contributed by atoms with Gasteiger partial charge >= 0.3 is 0 Å². The van der Waals surface area contributed by atoms with Crippen LogP contribution < -0.4 is 10.6 Å². The van der Waals surface area contributed by atoms with Crippen LogP contribution in [0.3, 0.4) is 0 Å². The summed E-state index contributed by atoms with van der Waals surface area (Å²) in [4.78, 5) is 12.1. The molecule has 3 heterocycles. The molecule has 2 N–H and O–H groups in total. The van der Waals surface area contributed by atoms with Crippen molar-refractivity contribution in [2.75, 3.05) is 0 Å². The number of carbonyl (C=O) groups excluding carboxylic acids is 1. The van der Waals surface area contributed by atoms with Crippen LogP contribution in [0.1, 0.15) is 38.0 Å². The van der Waals surface area contributed by atoms with Crippen LogP contribution in [-0.2, 0) is 4.79 Å². The summed E-state index contributed by atoms with van der Waals surface area (Å²) in [6, 6.07) is 4.65. The fourth-order valence-electron chi connectivity index (χ4n) is 3.04. The van der Waals surface area contributed by atoms with Gasteiger partial charge in [0, 0.05) is 12.1 Å². The van der Waals surface area contributed by atoms with E-state index in [2.05, 4.69) is 10.6 Å². The predicted octanol–water partition coefficient (Wildman–Crippen LogP) is 1.60. The predicted molar refractivity (Wildman–Crippen MR) is 63.3 cm³/mol. The third-order valence-corrected chi connectivity index (χ3v) is 3.97. The van der Waals surface area contributed by atoms with Crippen LogP contribution in [0.15, 0.2) is 22.8 Å². The molecule has 3 unspecified atom stereocenters. The zero-order chi connectivity index (χ0) is 11.8. The zero-order valence-electron chi connectivity index (χ0n) is 9.98. The lowest BCUT2D eigenvalue weighted by molar-refractivity contribution is -0.126. The summed E-state index contributed by atoms with van der Waals surface area (Å²) in [7, 11) is 0. The first-order valence-electron chi connectivity index (χ1n) is 6.34. The van der Waals surface area contributed by atoms with Crippen molar-refractivity contribution >= 4 is 5.91 Å². The van der Waals surface area contributed by atoms with E-state index >= 15 is 0 Å². The maximum absolute atomic E-state index is 12.1. The maximum atomic E-state index is 12.1. The van der Waals surface area contributed by atoms with E-state index in [4.69, 9.17) is 4.42 Å². The van der Waals surface area contributed by atoms with E-state index in [1.807, 2.05) is 19.1 Å². The molecule has 0 spiro atoms. The van der Waals surface area contributed by atoms with E-state index in [-0.39, 0.29) is 17.9 Å². The van der Waals surface area contributed by atoms with Crippen molar-refractivity contribution in [2.24, 2.45) is 5.92 Å². The fraction of sp³-hybridized carbons (Fsp3) is 0.615. The average molecular weight is 234 g/mol. The van der Waals surface area contributed by atoms with Crippen LogP contribution in [0, 0.1) is 5.92 Å². The molecule has 4 heteroatoms. The Hall–Kier alpha value is -1.29. The topological polar surface area (TPSA) is 54.3 Å². The van der Waals surface area contributed by atoms with Gasteiger partial charge in [0.05, 0.1) is 18.2 Å². The number of furan rings is 1. The molecule has 92 valence electrons. The standard InChI is InChI=1S/C13H18N2O2/c1-8(12-3-2-6-17-12)14-13(16)10-7-9-4-5-11(10)15-9/h2-3,6,8-11,15H,4-5,7H2,1H3,(H,14,16)/t8-,9?,10?,11?/m0/s1. The number of hydrogen-bond donors (Lipinski definition) is 2. The average Bonchev–Trinajstić information content (AvgIpc) is 3.05. The van der Waals surface area contributed by atoms with Crippen molar-refractivity contribution in [1.82, 2.24) is 10.6 Å². The van der Waals surface area contributed by atoms with Gasteiger partial charge in [0.1, 0.15) is 5.76 Å². The Labute approximate surface area is 101 Å². The number of fused-ring (bicyclic) bond motifs is 2. The van der Waals surface area contributed by atoms with Crippen molar-refractivity contribution < 1.29 is 9.21 Å². The van der Waals surface area contributed by atoms with E-state index < -0.39 is 0 Å². The molecule has 2 aliphatic rings. The SMILES string of the molecule is C[C@H](NC(=O)C1CC2CCC1N2)c1ccco1. The van der Waals surface area contributed by atoms with Crippen LogP contribution in [0.5, 0.6) is 0 Å². The summed E-state index contributed by atoms with van der Waals surface area (Å²) in [5.41, 5.74) is 0. The van der Waals surface area contributed by atoms with Crippen molar-refractivity contribution in [3.63, 3.8) is 0 Å². The van der Waals surface area contributed by atoms with E-state index in [1.54, 1.807) is 6.26 Å². The molecule has 0 saturated carbocycles. The zero-order valence-corrected chi connectivity index (χ0v) is 9.98. The Kier molecular flexibility index (Phi) is 2.67. The first-order chi connectivity index (χ1) is 8.24. The van der Waals surface area contributed by atoms with Gasteiger partial charge in [0.25, 0.3) is 0 Å². The van der Waals surface area contributed by atoms with Crippen molar-refractivity contribution in [3.05, 3.63) is 24.2 Å². The lowest BCUT2D eigenvalue weighted by Crippen LogP contribution is -2.38. The van der Waals surface area contributed by atoms with Crippen LogP contribution in [0.2, 0.25) is 0 Å². The lowest BCUT2D eigenvalue weighted by atomic mass is 9.88. The molecule has 2 aliphatic heterocycles. The van der Waals surface area contributed by atoms with Gasteiger partial charge in [-0.1, -0.05) is 0 Å². The Morgan fingerprint density at radius 2 is 2.47 bits per heavy atom. The van der Waals surface area contributed by atoms with Crippen molar-refractivity contribution in [1.29, 1.82) is 0 Å². The van der Waals surface area contributed by atoms with Crippen LogP contribution in [-0.4, -0.2) is 18.0 Å². The molecule has 0 radical (unpaired) electrons. The number of amides is 1. The molecule has 1 amide bonds. The summed E-state index contributed by atoms with van der Waals surface area (Å²) in [6.07, 6.45) is 4.98.